The second kappa shape index (κ2) is 8.55. The first-order valence-electron chi connectivity index (χ1n) is 8.02. The largest absolute Gasteiger partial charge is 0.273 e. The second-order valence-corrected chi connectivity index (χ2v) is 11.2. The molecule has 0 saturated heterocycles. The molecule has 0 bridgehead atoms. The Kier molecular flexibility index (Phi) is 6.51. The van der Waals surface area contributed by atoms with E-state index < -0.39 is 15.9 Å². The van der Waals surface area contributed by atoms with E-state index >= 15 is 0 Å². The topological polar surface area (TPSA) is 63.2 Å². The molecule has 146 valence electrons. The van der Waals surface area contributed by atoms with Crippen LogP contribution < -0.4 is 4.72 Å². The molecular weight excluding hydrogens is 505 g/mol. The molecule has 2 aromatic carbocycles. The monoisotopic (exact) mass is 517 g/mol. The summed E-state index contributed by atoms with van der Waals surface area (Å²) in [6.07, 6.45) is 0.371. The molecule has 9 heteroatoms. The zero-order valence-corrected chi connectivity index (χ0v) is 19.2. The number of rotatable bonds is 5. The third kappa shape index (κ3) is 4.78. The van der Waals surface area contributed by atoms with Crippen molar-refractivity contribution in [3.63, 3.8) is 0 Å². The van der Waals surface area contributed by atoms with Crippen molar-refractivity contribution in [3.8, 4) is 0 Å². The summed E-state index contributed by atoms with van der Waals surface area (Å²) in [7, 11) is -3.96. The number of benzene rings is 2. The molecule has 0 aliphatic heterocycles. The Morgan fingerprint density at radius 1 is 1.14 bits per heavy atom. The molecule has 1 aromatic heterocycles. The summed E-state index contributed by atoms with van der Waals surface area (Å²) in [5, 5.41) is 1.00. The average molecular weight is 519 g/mol. The molecule has 3 rings (SSSR count). The van der Waals surface area contributed by atoms with Crippen molar-refractivity contribution in [3.05, 3.63) is 84.6 Å². The van der Waals surface area contributed by atoms with Crippen molar-refractivity contribution < 1.29 is 13.2 Å². The van der Waals surface area contributed by atoms with Gasteiger partial charge in [0.1, 0.15) is 4.21 Å². The van der Waals surface area contributed by atoms with Gasteiger partial charge in [0.2, 0.25) is 0 Å². The number of sulfonamides is 1. The fourth-order valence-electron chi connectivity index (χ4n) is 2.67. The zero-order valence-electron chi connectivity index (χ0n) is 14.5. The number of nitrogens with one attached hydrogen (secondary N) is 1. The molecule has 4 nitrogen and oxygen atoms in total. The third-order valence-electron chi connectivity index (χ3n) is 4.08. The summed E-state index contributed by atoms with van der Waals surface area (Å²) < 4.78 is 27.9. The molecule has 0 atom stereocenters. The van der Waals surface area contributed by atoms with Gasteiger partial charge in [0, 0.05) is 15.6 Å². The van der Waals surface area contributed by atoms with Gasteiger partial charge in [-0.05, 0) is 76.3 Å². The summed E-state index contributed by atoms with van der Waals surface area (Å²) in [6.45, 7) is 1.86. The van der Waals surface area contributed by atoms with Gasteiger partial charge in [0.15, 0.2) is 0 Å². The van der Waals surface area contributed by atoms with E-state index in [0.29, 0.717) is 25.8 Å². The van der Waals surface area contributed by atoms with Crippen LogP contribution in [-0.2, 0) is 16.4 Å². The highest BCUT2D eigenvalue weighted by molar-refractivity contribution is 9.11. The molecule has 0 spiro atoms. The summed E-state index contributed by atoms with van der Waals surface area (Å²) in [6, 6.07) is 13.4. The van der Waals surface area contributed by atoms with Crippen molar-refractivity contribution in [1.29, 1.82) is 0 Å². The Bertz CT molecular complexity index is 1160. The lowest BCUT2D eigenvalue weighted by Crippen LogP contribution is -2.31. The molecule has 0 aliphatic carbocycles. The SMILES string of the molecule is Cc1cccc(C(=O)NS(=O)(=O)c2ccc(Br)s2)c1Cc1ccc(Cl)cc1Cl. The fourth-order valence-corrected chi connectivity index (χ4v) is 6.13. The Labute approximate surface area is 185 Å². The van der Waals surface area contributed by atoms with Crippen molar-refractivity contribution in [2.75, 3.05) is 0 Å². The maximum Gasteiger partial charge on any atom is 0.273 e. The quantitative estimate of drug-likeness (QED) is 0.461. The molecule has 1 heterocycles. The number of aryl methyl sites for hydroxylation is 1. The van der Waals surface area contributed by atoms with Gasteiger partial charge < -0.3 is 0 Å². The summed E-state index contributed by atoms with van der Waals surface area (Å²) in [4.78, 5) is 12.8. The van der Waals surface area contributed by atoms with E-state index in [1.165, 1.54) is 6.07 Å². The molecule has 1 amide bonds. The first kappa shape index (κ1) is 21.3. The second-order valence-electron chi connectivity index (χ2n) is 6.01. The van der Waals surface area contributed by atoms with Crippen LogP contribution in [0.5, 0.6) is 0 Å². The highest BCUT2D eigenvalue weighted by atomic mass is 79.9. The van der Waals surface area contributed by atoms with Crippen LogP contribution >= 0.6 is 50.5 Å². The van der Waals surface area contributed by atoms with Crippen LogP contribution in [-0.4, -0.2) is 14.3 Å². The van der Waals surface area contributed by atoms with Crippen LogP contribution in [0.4, 0.5) is 0 Å². The maximum atomic E-state index is 12.8. The van der Waals surface area contributed by atoms with E-state index in [2.05, 4.69) is 20.7 Å². The van der Waals surface area contributed by atoms with Crippen LogP contribution in [0.2, 0.25) is 10.0 Å². The van der Waals surface area contributed by atoms with Gasteiger partial charge in [-0.25, -0.2) is 13.1 Å². The Morgan fingerprint density at radius 3 is 2.54 bits per heavy atom. The zero-order chi connectivity index (χ0) is 20.5. The van der Waals surface area contributed by atoms with Gasteiger partial charge in [-0.3, -0.25) is 4.79 Å². The van der Waals surface area contributed by atoms with Gasteiger partial charge in [0.05, 0.1) is 3.79 Å². The van der Waals surface area contributed by atoms with Crippen molar-refractivity contribution in [1.82, 2.24) is 4.72 Å². The number of halogens is 3. The number of amides is 1. The number of thiophene rings is 1. The van der Waals surface area contributed by atoms with Gasteiger partial charge in [-0.1, -0.05) is 41.4 Å². The number of hydrogen-bond acceptors (Lipinski definition) is 4. The Morgan fingerprint density at radius 2 is 1.89 bits per heavy atom. The van der Waals surface area contributed by atoms with E-state index in [9.17, 15) is 13.2 Å². The first-order chi connectivity index (χ1) is 13.2. The number of carbonyl (C=O) groups is 1. The van der Waals surface area contributed by atoms with Gasteiger partial charge in [0.25, 0.3) is 15.9 Å². The molecule has 0 saturated carbocycles. The molecule has 28 heavy (non-hydrogen) atoms. The minimum Gasteiger partial charge on any atom is -0.268 e. The van der Waals surface area contributed by atoms with Gasteiger partial charge >= 0.3 is 0 Å². The van der Waals surface area contributed by atoms with Crippen LogP contribution in [0.1, 0.15) is 27.0 Å². The van der Waals surface area contributed by atoms with E-state index in [1.807, 2.05) is 13.0 Å². The van der Waals surface area contributed by atoms with E-state index in [-0.39, 0.29) is 9.77 Å². The molecular formula is C19H14BrCl2NO3S2. The third-order valence-corrected chi connectivity index (χ3v) is 8.11. The maximum absolute atomic E-state index is 12.8. The normalized spacial score (nSPS) is 11.4. The van der Waals surface area contributed by atoms with E-state index in [0.717, 1.165) is 22.5 Å². The molecule has 0 unspecified atom stereocenters. The summed E-state index contributed by atoms with van der Waals surface area (Å²) in [5.74, 6) is -0.687. The molecule has 0 fully saturated rings. The van der Waals surface area contributed by atoms with Crippen molar-refractivity contribution in [2.24, 2.45) is 0 Å². The molecule has 3 aromatic rings. The fraction of sp³-hybridized carbons (Fsp3) is 0.105. The molecule has 0 radical (unpaired) electrons. The minimum absolute atomic E-state index is 0.0580. The van der Waals surface area contributed by atoms with Crippen LogP contribution in [0, 0.1) is 6.92 Å². The van der Waals surface area contributed by atoms with Crippen LogP contribution in [0.3, 0.4) is 0 Å². The van der Waals surface area contributed by atoms with Crippen molar-refractivity contribution >= 4 is 66.4 Å². The lowest BCUT2D eigenvalue weighted by Gasteiger charge is -2.14. The Hall–Kier alpha value is -1.38. The number of carbonyl (C=O) groups excluding carboxylic acids is 1. The Balaban J connectivity index is 1.94. The molecule has 0 aliphatic rings. The lowest BCUT2D eigenvalue weighted by molar-refractivity contribution is 0.0980. The highest BCUT2D eigenvalue weighted by Gasteiger charge is 2.23. The summed E-state index contributed by atoms with van der Waals surface area (Å²) >= 11 is 16.5. The van der Waals surface area contributed by atoms with Gasteiger partial charge in [-0.15, -0.1) is 11.3 Å². The van der Waals surface area contributed by atoms with Gasteiger partial charge in [-0.2, -0.15) is 0 Å². The predicted octanol–water partition coefficient (Wildman–Crippen LogP) is 5.84. The van der Waals surface area contributed by atoms with Crippen LogP contribution in [0.25, 0.3) is 0 Å². The number of hydrogen-bond donors (Lipinski definition) is 1. The predicted molar refractivity (Wildman–Crippen MR) is 117 cm³/mol. The van der Waals surface area contributed by atoms with Crippen molar-refractivity contribution in [2.45, 2.75) is 17.6 Å². The highest BCUT2D eigenvalue weighted by Crippen LogP contribution is 2.28. The van der Waals surface area contributed by atoms with E-state index in [1.54, 1.807) is 36.4 Å². The summed E-state index contributed by atoms with van der Waals surface area (Å²) in [5.41, 5.74) is 2.63. The first-order valence-corrected chi connectivity index (χ1v) is 11.9. The molecule has 1 N–H and O–H groups in total. The van der Waals surface area contributed by atoms with E-state index in [4.69, 9.17) is 23.2 Å². The van der Waals surface area contributed by atoms with Crippen LogP contribution in [0.15, 0.2) is 56.5 Å². The standard InChI is InChI=1S/C19H14BrCl2NO3S2/c1-11-3-2-4-14(15(11)9-12-5-6-13(21)10-16(12)22)19(24)23-28(25,26)18-8-7-17(20)27-18/h2-8,10H,9H2,1H3,(H,23,24). The lowest BCUT2D eigenvalue weighted by atomic mass is 9.95. The smallest absolute Gasteiger partial charge is 0.268 e. The average Bonchev–Trinajstić information content (AvgIpc) is 3.05. The minimum atomic E-state index is -3.96.